The van der Waals surface area contributed by atoms with Gasteiger partial charge in [0.25, 0.3) is 0 Å². The van der Waals surface area contributed by atoms with Crippen molar-refractivity contribution in [2.75, 3.05) is 0 Å². The summed E-state index contributed by atoms with van der Waals surface area (Å²) in [6.07, 6.45) is 0.476. The van der Waals surface area contributed by atoms with E-state index in [0.29, 0.717) is 6.42 Å². The van der Waals surface area contributed by atoms with Crippen molar-refractivity contribution < 1.29 is 19.4 Å². The second-order valence-electron chi connectivity index (χ2n) is 7.02. The second-order valence-corrected chi connectivity index (χ2v) is 7.02. The van der Waals surface area contributed by atoms with E-state index >= 15 is 0 Å². The summed E-state index contributed by atoms with van der Waals surface area (Å²) >= 11 is 0. The maximum Gasteiger partial charge on any atom is 0.408 e. The first-order valence-electron chi connectivity index (χ1n) is 8.81. The molecule has 0 radical (unpaired) electrons. The van der Waals surface area contributed by atoms with Crippen LogP contribution in [0.1, 0.15) is 37.0 Å². The molecule has 0 aliphatic heterocycles. The highest BCUT2D eigenvalue weighted by Gasteiger charge is 2.23. The summed E-state index contributed by atoms with van der Waals surface area (Å²) in [6, 6.07) is 13.3. The number of amides is 1. The molecule has 1 aliphatic rings. The van der Waals surface area contributed by atoms with Gasteiger partial charge in [0.1, 0.15) is 12.6 Å². The molecule has 2 aromatic carbocycles. The van der Waals surface area contributed by atoms with Gasteiger partial charge in [0.2, 0.25) is 0 Å². The van der Waals surface area contributed by atoms with E-state index in [4.69, 9.17) is 4.74 Å². The summed E-state index contributed by atoms with van der Waals surface area (Å²) in [5.74, 6) is -0.890. The van der Waals surface area contributed by atoms with E-state index < -0.39 is 18.1 Å². The van der Waals surface area contributed by atoms with Gasteiger partial charge in [-0.2, -0.15) is 0 Å². The normalized spacial score (nSPS) is 13.0. The Kier molecular flexibility index (Phi) is 5.26. The first kappa shape index (κ1) is 18.0. The number of carboxylic acid groups (broad SMARTS) is 1. The minimum Gasteiger partial charge on any atom is -0.480 e. The van der Waals surface area contributed by atoms with E-state index in [1.807, 2.05) is 38.1 Å². The highest BCUT2D eigenvalue weighted by Crippen LogP contribution is 2.38. The van der Waals surface area contributed by atoms with Gasteiger partial charge in [0.05, 0.1) is 0 Å². The quantitative estimate of drug-likeness (QED) is 0.703. The van der Waals surface area contributed by atoms with Gasteiger partial charge in [-0.1, -0.05) is 56.3 Å². The van der Waals surface area contributed by atoms with Crippen LogP contribution in [0.3, 0.4) is 0 Å². The number of nitrogens with one attached hydrogen (secondary N) is 1. The lowest BCUT2D eigenvalue weighted by atomic mass is 10.0. The molecule has 1 amide bonds. The number of rotatable bonds is 6. The molecule has 2 aromatic rings. The first-order chi connectivity index (χ1) is 12.5. The predicted octanol–water partition coefficient (Wildman–Crippen LogP) is 3.98. The van der Waals surface area contributed by atoms with Crippen molar-refractivity contribution in [3.05, 3.63) is 59.2 Å². The number of carboxylic acids is 1. The monoisotopic (exact) mass is 353 g/mol. The summed E-state index contributed by atoms with van der Waals surface area (Å²) in [7, 11) is 0. The second kappa shape index (κ2) is 7.60. The van der Waals surface area contributed by atoms with Gasteiger partial charge in [-0.3, -0.25) is 0 Å². The summed E-state index contributed by atoms with van der Waals surface area (Å²) < 4.78 is 5.30. The molecular weight excluding hydrogens is 330 g/mol. The van der Waals surface area contributed by atoms with Crippen LogP contribution in [0, 0.1) is 5.92 Å². The molecule has 2 N–H and O–H groups in total. The lowest BCUT2D eigenvalue weighted by Crippen LogP contribution is -2.41. The first-order valence-corrected chi connectivity index (χ1v) is 8.81. The molecule has 0 fully saturated rings. The van der Waals surface area contributed by atoms with Crippen molar-refractivity contribution in [3.8, 4) is 11.1 Å². The molecule has 0 heterocycles. The molecule has 3 rings (SSSR count). The summed E-state index contributed by atoms with van der Waals surface area (Å²) in [4.78, 5) is 23.3. The molecule has 26 heavy (non-hydrogen) atoms. The molecule has 1 atom stereocenters. The minimum absolute atomic E-state index is 0.122. The maximum absolute atomic E-state index is 12.0. The molecule has 5 heteroatoms. The fraction of sp³-hybridized carbons (Fsp3) is 0.333. The maximum atomic E-state index is 12.0. The number of benzene rings is 2. The van der Waals surface area contributed by atoms with E-state index in [1.165, 1.54) is 22.3 Å². The van der Waals surface area contributed by atoms with Crippen LogP contribution < -0.4 is 5.32 Å². The zero-order chi connectivity index (χ0) is 18.7. The van der Waals surface area contributed by atoms with Crippen molar-refractivity contribution in [1.82, 2.24) is 5.32 Å². The number of alkyl carbamates (subject to hydrolysis) is 1. The molecule has 0 bridgehead atoms. The highest BCUT2D eigenvalue weighted by molar-refractivity contribution is 5.80. The van der Waals surface area contributed by atoms with Crippen LogP contribution in [0.5, 0.6) is 0 Å². The van der Waals surface area contributed by atoms with Crippen LogP contribution in [0.15, 0.2) is 42.5 Å². The number of hydrogen-bond acceptors (Lipinski definition) is 3. The van der Waals surface area contributed by atoms with Gasteiger partial charge in [-0.25, -0.2) is 9.59 Å². The molecule has 5 nitrogen and oxygen atoms in total. The third-order valence-corrected chi connectivity index (χ3v) is 4.60. The van der Waals surface area contributed by atoms with Crippen molar-refractivity contribution in [2.45, 2.75) is 39.3 Å². The van der Waals surface area contributed by atoms with Crippen molar-refractivity contribution in [1.29, 1.82) is 0 Å². The number of carbonyl (C=O) groups is 2. The zero-order valence-corrected chi connectivity index (χ0v) is 15.0. The van der Waals surface area contributed by atoms with Crippen LogP contribution in [0.2, 0.25) is 0 Å². The number of ether oxygens (including phenoxy) is 1. The average Bonchev–Trinajstić information content (AvgIpc) is 2.98. The van der Waals surface area contributed by atoms with Gasteiger partial charge in [0.15, 0.2) is 0 Å². The third kappa shape index (κ3) is 3.87. The number of fused-ring (bicyclic) bond motifs is 3. The fourth-order valence-corrected chi connectivity index (χ4v) is 3.38. The van der Waals surface area contributed by atoms with Crippen molar-refractivity contribution in [3.63, 3.8) is 0 Å². The smallest absolute Gasteiger partial charge is 0.408 e. The largest absolute Gasteiger partial charge is 0.480 e. The minimum atomic E-state index is -1.05. The van der Waals surface area contributed by atoms with Gasteiger partial charge in [-0.15, -0.1) is 0 Å². The Morgan fingerprint density at radius 2 is 1.85 bits per heavy atom. The number of aliphatic carboxylic acids is 1. The zero-order valence-electron chi connectivity index (χ0n) is 15.0. The summed E-state index contributed by atoms with van der Waals surface area (Å²) in [5, 5.41) is 11.7. The Hall–Kier alpha value is -2.82. The van der Waals surface area contributed by atoms with Crippen LogP contribution in [0.25, 0.3) is 11.1 Å². The Morgan fingerprint density at radius 3 is 2.58 bits per heavy atom. The molecule has 136 valence electrons. The Morgan fingerprint density at radius 1 is 1.12 bits per heavy atom. The highest BCUT2D eigenvalue weighted by atomic mass is 16.5. The topological polar surface area (TPSA) is 75.6 Å². The van der Waals surface area contributed by atoms with Gasteiger partial charge in [0, 0.05) is 0 Å². The molecule has 0 saturated carbocycles. The standard InChI is InChI=1S/C21H23NO4/c1-13(2)10-19(20(23)24)22-21(25)26-12-15-7-5-9-17-16-8-4-3-6-14(16)11-18(15)17/h3-9,13,19H,10-12H2,1-2H3,(H,22,25)(H,23,24)/t19-/m0/s1. The van der Waals surface area contributed by atoms with E-state index in [1.54, 1.807) is 0 Å². The van der Waals surface area contributed by atoms with Crippen LogP contribution >= 0.6 is 0 Å². The van der Waals surface area contributed by atoms with E-state index in [0.717, 1.165) is 12.0 Å². The molecule has 0 aromatic heterocycles. The number of hydrogen-bond donors (Lipinski definition) is 2. The Bertz CT molecular complexity index is 829. The van der Waals surface area contributed by atoms with E-state index in [-0.39, 0.29) is 12.5 Å². The van der Waals surface area contributed by atoms with Crippen molar-refractivity contribution >= 4 is 12.1 Å². The summed E-state index contributed by atoms with van der Waals surface area (Å²) in [6.45, 7) is 3.94. The Balaban J connectivity index is 1.66. The molecule has 0 unspecified atom stereocenters. The lowest BCUT2D eigenvalue weighted by Gasteiger charge is -2.17. The number of carbonyl (C=O) groups excluding carboxylic acids is 1. The summed E-state index contributed by atoms with van der Waals surface area (Å²) in [5.41, 5.74) is 5.77. The van der Waals surface area contributed by atoms with Gasteiger partial charge in [-0.05, 0) is 46.6 Å². The predicted molar refractivity (Wildman–Crippen MR) is 98.9 cm³/mol. The lowest BCUT2D eigenvalue weighted by molar-refractivity contribution is -0.139. The van der Waals surface area contributed by atoms with E-state index in [9.17, 15) is 14.7 Å². The fourth-order valence-electron chi connectivity index (χ4n) is 3.38. The van der Waals surface area contributed by atoms with E-state index in [2.05, 4.69) is 23.5 Å². The Labute approximate surface area is 153 Å². The molecule has 0 saturated heterocycles. The molecular formula is C21H23NO4. The van der Waals surface area contributed by atoms with Gasteiger partial charge >= 0.3 is 12.1 Å². The van der Waals surface area contributed by atoms with Gasteiger partial charge < -0.3 is 15.2 Å². The average molecular weight is 353 g/mol. The van der Waals surface area contributed by atoms with Crippen molar-refractivity contribution in [2.24, 2.45) is 5.92 Å². The molecule has 0 spiro atoms. The van der Waals surface area contributed by atoms with Crippen LogP contribution in [-0.4, -0.2) is 23.2 Å². The van der Waals surface area contributed by atoms with Crippen LogP contribution in [-0.2, 0) is 22.6 Å². The molecule has 1 aliphatic carbocycles. The third-order valence-electron chi connectivity index (χ3n) is 4.60. The SMILES string of the molecule is CC(C)C[C@H](NC(=O)OCc1cccc2c1Cc1ccccc1-2)C(=O)O. The van der Waals surface area contributed by atoms with Crippen LogP contribution in [0.4, 0.5) is 4.79 Å².